The molecule has 0 aromatic heterocycles. The van der Waals surface area contributed by atoms with Crippen LogP contribution in [0, 0.1) is 5.92 Å². The molecular weight excluding hydrogens is 439 g/mol. The number of likely N-dealkylation sites (tertiary alicyclic amines) is 1. The third-order valence-corrected chi connectivity index (χ3v) is 6.77. The average molecular weight is 471 g/mol. The summed E-state index contributed by atoms with van der Waals surface area (Å²) in [6.07, 6.45) is 3.27. The Morgan fingerprint density at radius 3 is 2.65 bits per heavy atom. The van der Waals surface area contributed by atoms with E-state index in [9.17, 15) is 9.59 Å². The molecule has 2 aliphatic heterocycles. The highest BCUT2D eigenvalue weighted by Gasteiger charge is 2.24. The van der Waals surface area contributed by atoms with E-state index in [1.165, 1.54) is 0 Å². The number of hydrogen-bond acceptors (Lipinski definition) is 4. The van der Waals surface area contributed by atoms with Crippen molar-refractivity contribution in [1.29, 1.82) is 0 Å². The lowest BCUT2D eigenvalue weighted by atomic mass is 9.92. The van der Waals surface area contributed by atoms with Crippen LogP contribution in [0.5, 0.6) is 0 Å². The third-order valence-electron chi connectivity index (χ3n) is 6.04. The van der Waals surface area contributed by atoms with Crippen LogP contribution in [0.15, 0.2) is 18.2 Å². The van der Waals surface area contributed by atoms with Crippen molar-refractivity contribution in [2.45, 2.75) is 38.3 Å². The Balaban J connectivity index is 1.33. The number of carbonyl (C=O) groups is 2. The number of morpholine rings is 1. The maximum atomic E-state index is 12.3. The molecule has 0 aliphatic carbocycles. The fraction of sp³-hybridized carbons (Fsp3) is 0.636. The van der Waals surface area contributed by atoms with Gasteiger partial charge in [-0.15, -0.1) is 0 Å². The van der Waals surface area contributed by atoms with Crippen molar-refractivity contribution in [1.82, 2.24) is 20.4 Å². The van der Waals surface area contributed by atoms with Crippen molar-refractivity contribution in [3.05, 3.63) is 33.8 Å². The third kappa shape index (κ3) is 7.52. The van der Waals surface area contributed by atoms with Crippen molar-refractivity contribution in [2.24, 2.45) is 5.92 Å². The number of amides is 3. The van der Waals surface area contributed by atoms with Gasteiger partial charge in [-0.3, -0.25) is 9.69 Å². The van der Waals surface area contributed by atoms with Crippen molar-refractivity contribution >= 4 is 35.1 Å². The number of hydrogen-bond donors (Lipinski definition) is 2. The maximum Gasteiger partial charge on any atom is 0.317 e. The van der Waals surface area contributed by atoms with Crippen LogP contribution >= 0.6 is 23.2 Å². The minimum Gasteiger partial charge on any atom is -0.374 e. The molecule has 2 N–H and O–H groups in total. The number of halogens is 2. The summed E-state index contributed by atoms with van der Waals surface area (Å²) in [5.74, 6) is 0.568. The molecule has 3 rings (SSSR count). The summed E-state index contributed by atoms with van der Waals surface area (Å²) in [5.41, 5.74) is 1.11. The first-order valence-corrected chi connectivity index (χ1v) is 11.7. The zero-order valence-corrected chi connectivity index (χ0v) is 19.6. The molecular formula is C22H32Cl2N4O3. The second-order valence-electron chi connectivity index (χ2n) is 8.30. The van der Waals surface area contributed by atoms with E-state index in [4.69, 9.17) is 27.9 Å². The Morgan fingerprint density at radius 1 is 1.16 bits per heavy atom. The summed E-state index contributed by atoms with van der Waals surface area (Å²) in [7, 11) is 1.65. The van der Waals surface area contributed by atoms with Crippen LogP contribution in [0.1, 0.15) is 31.2 Å². The van der Waals surface area contributed by atoms with Gasteiger partial charge in [0.1, 0.15) is 0 Å². The van der Waals surface area contributed by atoms with Gasteiger partial charge in [0, 0.05) is 52.7 Å². The summed E-state index contributed by atoms with van der Waals surface area (Å²) < 4.78 is 5.83. The highest BCUT2D eigenvalue weighted by atomic mass is 35.5. The van der Waals surface area contributed by atoms with Crippen LogP contribution in [-0.2, 0) is 16.1 Å². The highest BCUT2D eigenvalue weighted by Crippen LogP contribution is 2.24. The van der Waals surface area contributed by atoms with Crippen LogP contribution in [0.4, 0.5) is 4.79 Å². The predicted molar refractivity (Wildman–Crippen MR) is 122 cm³/mol. The molecule has 1 aromatic rings. The number of ether oxygens (including phenoxy) is 1. The largest absolute Gasteiger partial charge is 0.374 e. The second-order valence-corrected chi connectivity index (χ2v) is 9.12. The highest BCUT2D eigenvalue weighted by molar-refractivity contribution is 6.42. The van der Waals surface area contributed by atoms with Crippen molar-refractivity contribution in [3.8, 4) is 0 Å². The van der Waals surface area contributed by atoms with Crippen LogP contribution in [-0.4, -0.2) is 74.2 Å². The standard InChI is InChI=1S/C22H32Cl2N4O3/c1-25-22(30)28-8-6-16(7-9-28)3-5-21(29)26-13-18-15-27(10-11-31-18)14-17-2-4-19(23)20(24)12-17/h2,4,12,16,18H,3,5-11,13-15H2,1H3,(H,25,30)(H,26,29)/t18-/m0/s1. The molecule has 7 nitrogen and oxygen atoms in total. The quantitative estimate of drug-likeness (QED) is 0.641. The van der Waals surface area contributed by atoms with E-state index in [0.29, 0.717) is 35.5 Å². The fourth-order valence-electron chi connectivity index (χ4n) is 4.18. The first kappa shape index (κ1) is 24.1. The number of piperidine rings is 1. The normalized spacial score (nSPS) is 20.5. The molecule has 2 aliphatic rings. The zero-order valence-electron chi connectivity index (χ0n) is 18.0. The molecule has 1 aromatic carbocycles. The minimum atomic E-state index is -0.0173. The van der Waals surface area contributed by atoms with Gasteiger partial charge in [0.2, 0.25) is 5.91 Å². The molecule has 2 heterocycles. The van der Waals surface area contributed by atoms with Gasteiger partial charge in [0.05, 0.1) is 22.8 Å². The summed E-state index contributed by atoms with van der Waals surface area (Å²) in [4.78, 5) is 28.1. The Kier molecular flexibility index (Phi) is 9.26. The SMILES string of the molecule is CNC(=O)N1CCC(CCC(=O)NC[C@H]2CN(Cc3ccc(Cl)c(Cl)c3)CCO2)CC1. The molecule has 0 unspecified atom stereocenters. The zero-order chi connectivity index (χ0) is 22.2. The Bertz CT molecular complexity index is 756. The number of nitrogens with one attached hydrogen (secondary N) is 2. The fourth-order valence-corrected chi connectivity index (χ4v) is 4.50. The lowest BCUT2D eigenvalue weighted by Crippen LogP contribution is -2.47. The lowest BCUT2D eigenvalue weighted by Gasteiger charge is -2.33. The first-order valence-electron chi connectivity index (χ1n) is 11.0. The smallest absolute Gasteiger partial charge is 0.317 e. The van der Waals surface area contributed by atoms with Gasteiger partial charge < -0.3 is 20.3 Å². The van der Waals surface area contributed by atoms with Gasteiger partial charge in [0.15, 0.2) is 0 Å². The molecule has 2 fully saturated rings. The first-order chi connectivity index (χ1) is 14.9. The topological polar surface area (TPSA) is 73.9 Å². The molecule has 31 heavy (non-hydrogen) atoms. The number of rotatable bonds is 7. The summed E-state index contributed by atoms with van der Waals surface area (Å²) in [6, 6.07) is 5.69. The Morgan fingerprint density at radius 2 is 1.94 bits per heavy atom. The predicted octanol–water partition coefficient (Wildman–Crippen LogP) is 3.14. The van der Waals surface area contributed by atoms with Gasteiger partial charge >= 0.3 is 6.03 Å². The average Bonchev–Trinajstić information content (AvgIpc) is 2.79. The summed E-state index contributed by atoms with van der Waals surface area (Å²) in [5, 5.41) is 6.82. The monoisotopic (exact) mass is 470 g/mol. The molecule has 0 saturated carbocycles. The molecule has 9 heteroatoms. The Hall–Kier alpha value is -1.54. The number of urea groups is 1. The van der Waals surface area contributed by atoms with Gasteiger partial charge in [-0.05, 0) is 42.9 Å². The number of carbonyl (C=O) groups excluding carboxylic acids is 2. The van der Waals surface area contributed by atoms with E-state index in [1.807, 2.05) is 23.1 Å². The van der Waals surface area contributed by atoms with Crippen LogP contribution in [0.3, 0.4) is 0 Å². The summed E-state index contributed by atoms with van der Waals surface area (Å²) in [6.45, 7) is 5.07. The van der Waals surface area contributed by atoms with Crippen LogP contribution < -0.4 is 10.6 Å². The number of nitrogens with zero attached hydrogens (tertiary/aromatic N) is 2. The lowest BCUT2D eigenvalue weighted by molar-refractivity contribution is -0.122. The Labute approximate surface area is 194 Å². The van der Waals surface area contributed by atoms with Gasteiger partial charge in [-0.2, -0.15) is 0 Å². The maximum absolute atomic E-state index is 12.3. The second kappa shape index (κ2) is 11.9. The van der Waals surface area contributed by atoms with Gasteiger partial charge in [0.25, 0.3) is 0 Å². The van der Waals surface area contributed by atoms with E-state index in [-0.39, 0.29) is 18.0 Å². The van der Waals surface area contributed by atoms with Gasteiger partial charge in [-0.1, -0.05) is 29.3 Å². The van der Waals surface area contributed by atoms with E-state index in [1.54, 1.807) is 7.05 Å². The van der Waals surface area contributed by atoms with Gasteiger partial charge in [-0.25, -0.2) is 4.79 Å². The summed E-state index contributed by atoms with van der Waals surface area (Å²) >= 11 is 12.1. The number of benzene rings is 1. The molecule has 1 atom stereocenters. The molecule has 2 saturated heterocycles. The van der Waals surface area contributed by atoms with Crippen molar-refractivity contribution in [2.75, 3.05) is 46.4 Å². The minimum absolute atomic E-state index is 0.0168. The molecule has 0 spiro atoms. The van der Waals surface area contributed by atoms with Crippen molar-refractivity contribution < 1.29 is 14.3 Å². The van der Waals surface area contributed by atoms with E-state index in [2.05, 4.69) is 15.5 Å². The van der Waals surface area contributed by atoms with E-state index < -0.39 is 0 Å². The van der Waals surface area contributed by atoms with Crippen molar-refractivity contribution in [3.63, 3.8) is 0 Å². The molecule has 3 amide bonds. The molecule has 0 bridgehead atoms. The molecule has 172 valence electrons. The van der Waals surface area contributed by atoms with E-state index in [0.717, 1.165) is 57.5 Å². The molecule has 0 radical (unpaired) electrons. The van der Waals surface area contributed by atoms with Crippen LogP contribution in [0.25, 0.3) is 0 Å². The van der Waals surface area contributed by atoms with Crippen LogP contribution in [0.2, 0.25) is 10.0 Å². The van der Waals surface area contributed by atoms with E-state index >= 15 is 0 Å².